The van der Waals surface area contributed by atoms with Crippen molar-refractivity contribution in [2.75, 3.05) is 19.6 Å². The van der Waals surface area contributed by atoms with Gasteiger partial charge >= 0.3 is 0 Å². The quantitative estimate of drug-likeness (QED) is 0.640. The molecule has 0 radical (unpaired) electrons. The molecule has 1 aromatic carbocycles. The second kappa shape index (κ2) is 10.2. The van der Waals surface area contributed by atoms with Crippen LogP contribution in [0, 0.1) is 0 Å². The lowest BCUT2D eigenvalue weighted by Gasteiger charge is -2.20. The standard InChI is InChI=1S/C21H30N4O4S/c1-16(2)20-23-19(29-24-20)8-7-13-22-21(26)17-9-11-18(12-10-17)30(27,28)25-14-5-3-4-6-15-25/h9-12,16H,3-8,13-15H2,1-2H3,(H,22,26). The van der Waals surface area contributed by atoms with Crippen LogP contribution < -0.4 is 5.32 Å². The number of sulfonamides is 1. The molecule has 2 aromatic rings. The van der Waals surface area contributed by atoms with Gasteiger partial charge in [-0.2, -0.15) is 9.29 Å². The number of rotatable bonds is 8. The van der Waals surface area contributed by atoms with Crippen molar-refractivity contribution in [3.8, 4) is 0 Å². The fourth-order valence-corrected chi connectivity index (χ4v) is 4.87. The van der Waals surface area contributed by atoms with Gasteiger partial charge in [0.2, 0.25) is 15.9 Å². The minimum Gasteiger partial charge on any atom is -0.352 e. The van der Waals surface area contributed by atoms with Gasteiger partial charge in [-0.1, -0.05) is 31.8 Å². The van der Waals surface area contributed by atoms with Gasteiger partial charge < -0.3 is 9.84 Å². The number of carbonyl (C=O) groups excluding carboxylic acids is 1. The number of nitrogens with one attached hydrogen (secondary N) is 1. The summed E-state index contributed by atoms with van der Waals surface area (Å²) in [6, 6.07) is 6.15. The summed E-state index contributed by atoms with van der Waals surface area (Å²) in [6.07, 6.45) is 5.18. The Hall–Kier alpha value is -2.26. The van der Waals surface area contributed by atoms with Crippen LogP contribution in [0.1, 0.15) is 73.9 Å². The molecule has 0 atom stereocenters. The van der Waals surface area contributed by atoms with Crippen molar-refractivity contribution in [1.82, 2.24) is 19.8 Å². The number of amides is 1. The van der Waals surface area contributed by atoms with Crippen LogP contribution in [0.15, 0.2) is 33.7 Å². The summed E-state index contributed by atoms with van der Waals surface area (Å²) in [4.78, 5) is 16.9. The first-order chi connectivity index (χ1) is 14.4. The van der Waals surface area contributed by atoms with Gasteiger partial charge in [0.15, 0.2) is 5.82 Å². The number of aromatic nitrogens is 2. The van der Waals surface area contributed by atoms with Gasteiger partial charge in [0.1, 0.15) is 0 Å². The van der Waals surface area contributed by atoms with Gasteiger partial charge in [-0.15, -0.1) is 0 Å². The highest BCUT2D eigenvalue weighted by Crippen LogP contribution is 2.20. The van der Waals surface area contributed by atoms with Crippen LogP contribution in [0.3, 0.4) is 0 Å². The molecule has 1 saturated heterocycles. The zero-order valence-corrected chi connectivity index (χ0v) is 18.5. The van der Waals surface area contributed by atoms with Crippen molar-refractivity contribution in [3.05, 3.63) is 41.5 Å². The maximum absolute atomic E-state index is 12.8. The van der Waals surface area contributed by atoms with Crippen molar-refractivity contribution < 1.29 is 17.7 Å². The van der Waals surface area contributed by atoms with Crippen LogP contribution >= 0.6 is 0 Å². The van der Waals surface area contributed by atoms with Crippen molar-refractivity contribution in [2.45, 2.75) is 63.2 Å². The fourth-order valence-electron chi connectivity index (χ4n) is 3.36. The maximum atomic E-state index is 12.8. The van der Waals surface area contributed by atoms with E-state index in [-0.39, 0.29) is 16.7 Å². The molecule has 1 aromatic heterocycles. The Kier molecular flexibility index (Phi) is 7.60. The molecule has 1 N–H and O–H groups in total. The average Bonchev–Trinajstić information content (AvgIpc) is 3.04. The van der Waals surface area contributed by atoms with Crippen LogP contribution in [0.5, 0.6) is 0 Å². The highest BCUT2D eigenvalue weighted by atomic mass is 32.2. The molecule has 0 spiro atoms. The Morgan fingerprint density at radius 1 is 1.13 bits per heavy atom. The third kappa shape index (κ3) is 5.66. The normalized spacial score (nSPS) is 15.8. The molecule has 1 amide bonds. The summed E-state index contributed by atoms with van der Waals surface area (Å²) in [6.45, 7) is 5.58. The van der Waals surface area contributed by atoms with Crippen molar-refractivity contribution in [2.24, 2.45) is 0 Å². The Morgan fingerprint density at radius 3 is 2.40 bits per heavy atom. The van der Waals surface area contributed by atoms with Crippen LogP contribution in [-0.2, 0) is 16.4 Å². The third-order valence-electron chi connectivity index (χ3n) is 5.17. The van der Waals surface area contributed by atoms with Crippen LogP contribution in [0.4, 0.5) is 0 Å². The summed E-state index contributed by atoms with van der Waals surface area (Å²) in [5.41, 5.74) is 0.435. The molecule has 30 heavy (non-hydrogen) atoms. The second-order valence-corrected chi connectivity index (χ2v) is 9.84. The van der Waals surface area contributed by atoms with Gasteiger partial charge in [0.25, 0.3) is 5.91 Å². The Bertz CT molecular complexity index is 930. The Balaban J connectivity index is 1.50. The fraction of sp³-hybridized carbons (Fsp3) is 0.571. The number of hydrogen-bond donors (Lipinski definition) is 1. The van der Waals surface area contributed by atoms with E-state index in [1.165, 1.54) is 12.1 Å². The summed E-state index contributed by atoms with van der Waals surface area (Å²) < 4.78 is 32.4. The van der Waals surface area contributed by atoms with E-state index in [4.69, 9.17) is 4.52 Å². The summed E-state index contributed by atoms with van der Waals surface area (Å²) in [5, 5.41) is 6.76. The molecule has 2 heterocycles. The van der Waals surface area contributed by atoms with Crippen LogP contribution in [-0.4, -0.2) is 48.4 Å². The molecular formula is C21H30N4O4S. The summed E-state index contributed by atoms with van der Waals surface area (Å²) in [7, 11) is -3.51. The van der Waals surface area contributed by atoms with E-state index in [2.05, 4.69) is 15.5 Å². The molecule has 164 valence electrons. The molecule has 9 heteroatoms. The number of aryl methyl sites for hydroxylation is 1. The molecule has 0 saturated carbocycles. The third-order valence-corrected chi connectivity index (χ3v) is 7.09. The van der Waals surface area contributed by atoms with Crippen LogP contribution in [0.2, 0.25) is 0 Å². The topological polar surface area (TPSA) is 105 Å². The highest BCUT2D eigenvalue weighted by Gasteiger charge is 2.25. The number of carbonyl (C=O) groups is 1. The molecule has 1 aliphatic heterocycles. The van der Waals surface area contributed by atoms with Gasteiger partial charge in [0, 0.05) is 37.5 Å². The summed E-state index contributed by atoms with van der Waals surface area (Å²) >= 11 is 0. The van der Waals surface area contributed by atoms with Gasteiger partial charge in [-0.3, -0.25) is 4.79 Å². The van der Waals surface area contributed by atoms with Crippen molar-refractivity contribution in [3.63, 3.8) is 0 Å². The monoisotopic (exact) mass is 434 g/mol. The highest BCUT2D eigenvalue weighted by molar-refractivity contribution is 7.89. The van der Waals surface area contributed by atoms with Gasteiger partial charge in [-0.05, 0) is 43.5 Å². The van der Waals surface area contributed by atoms with E-state index in [0.29, 0.717) is 49.8 Å². The minimum atomic E-state index is -3.51. The maximum Gasteiger partial charge on any atom is 0.251 e. The molecular weight excluding hydrogens is 404 g/mol. The number of hydrogen-bond acceptors (Lipinski definition) is 6. The number of benzene rings is 1. The first kappa shape index (κ1) is 22.4. The Labute approximate surface area is 178 Å². The molecule has 0 unspecified atom stereocenters. The second-order valence-electron chi connectivity index (χ2n) is 7.90. The molecule has 1 aliphatic rings. The van der Waals surface area contributed by atoms with E-state index in [1.54, 1.807) is 16.4 Å². The zero-order chi connectivity index (χ0) is 21.6. The first-order valence-corrected chi connectivity index (χ1v) is 12.0. The molecule has 1 fully saturated rings. The van der Waals surface area contributed by atoms with E-state index in [0.717, 1.165) is 25.7 Å². The van der Waals surface area contributed by atoms with Crippen LogP contribution in [0.25, 0.3) is 0 Å². The minimum absolute atomic E-state index is 0.216. The lowest BCUT2D eigenvalue weighted by molar-refractivity contribution is 0.0953. The van der Waals surface area contributed by atoms with E-state index < -0.39 is 10.0 Å². The van der Waals surface area contributed by atoms with Crippen molar-refractivity contribution in [1.29, 1.82) is 0 Å². The zero-order valence-electron chi connectivity index (χ0n) is 17.6. The first-order valence-electron chi connectivity index (χ1n) is 10.6. The average molecular weight is 435 g/mol. The number of nitrogens with zero attached hydrogens (tertiary/aromatic N) is 3. The predicted octanol–water partition coefficient (Wildman–Crippen LogP) is 3.12. The smallest absolute Gasteiger partial charge is 0.251 e. The lowest BCUT2D eigenvalue weighted by Crippen LogP contribution is -2.32. The van der Waals surface area contributed by atoms with E-state index >= 15 is 0 Å². The lowest BCUT2D eigenvalue weighted by atomic mass is 10.2. The molecule has 0 aliphatic carbocycles. The Morgan fingerprint density at radius 2 is 1.80 bits per heavy atom. The molecule has 8 nitrogen and oxygen atoms in total. The SMILES string of the molecule is CC(C)c1noc(CCCNC(=O)c2ccc(S(=O)(=O)N3CCCCCC3)cc2)n1. The van der Waals surface area contributed by atoms with E-state index in [9.17, 15) is 13.2 Å². The largest absolute Gasteiger partial charge is 0.352 e. The predicted molar refractivity (Wildman–Crippen MR) is 113 cm³/mol. The van der Waals surface area contributed by atoms with Gasteiger partial charge in [0.05, 0.1) is 4.90 Å². The molecule has 0 bridgehead atoms. The van der Waals surface area contributed by atoms with E-state index in [1.807, 2.05) is 13.8 Å². The molecule has 3 rings (SSSR count). The summed E-state index contributed by atoms with van der Waals surface area (Å²) in [5.74, 6) is 1.23. The van der Waals surface area contributed by atoms with Gasteiger partial charge in [-0.25, -0.2) is 8.42 Å². The van der Waals surface area contributed by atoms with Crippen molar-refractivity contribution >= 4 is 15.9 Å².